The molecule has 0 aromatic rings. The molecule has 1 saturated carbocycles. The first kappa shape index (κ1) is 13.8. The van der Waals surface area contributed by atoms with E-state index in [1.165, 1.54) is 0 Å². The second-order valence-electron chi connectivity index (χ2n) is 6.65. The van der Waals surface area contributed by atoms with Gasteiger partial charge in [0.05, 0.1) is 12.2 Å². The summed E-state index contributed by atoms with van der Waals surface area (Å²) in [5, 5.41) is 19.7. The summed E-state index contributed by atoms with van der Waals surface area (Å²) in [7, 11) is 0. The summed E-state index contributed by atoms with van der Waals surface area (Å²) >= 11 is 0. The molecule has 0 aliphatic heterocycles. The van der Waals surface area contributed by atoms with E-state index in [0.717, 1.165) is 24.8 Å². The zero-order valence-electron chi connectivity index (χ0n) is 11.6. The van der Waals surface area contributed by atoms with Crippen LogP contribution in [-0.2, 0) is 4.79 Å². The maximum Gasteiger partial charge on any atom is 0.156 e. The van der Waals surface area contributed by atoms with Crippen LogP contribution in [0.25, 0.3) is 0 Å². The number of aliphatic hydroxyl groups excluding tert-OH is 1. The van der Waals surface area contributed by atoms with Gasteiger partial charge in [0.2, 0.25) is 0 Å². The Balaban J connectivity index is 2.31. The Morgan fingerprint density at radius 1 is 1.50 bits per heavy atom. The Morgan fingerprint density at radius 2 is 2.17 bits per heavy atom. The molecule has 0 radical (unpaired) electrons. The van der Waals surface area contributed by atoms with Gasteiger partial charge in [-0.25, -0.2) is 0 Å². The molecular weight excluding hydrogens is 228 g/mol. The maximum absolute atomic E-state index is 11.6. The minimum Gasteiger partial charge on any atom is -0.392 e. The van der Waals surface area contributed by atoms with Crippen molar-refractivity contribution >= 4 is 5.78 Å². The molecule has 18 heavy (non-hydrogen) atoms. The van der Waals surface area contributed by atoms with E-state index in [1.807, 2.05) is 13.8 Å². The van der Waals surface area contributed by atoms with Crippen molar-refractivity contribution in [3.05, 3.63) is 11.6 Å². The minimum atomic E-state index is -0.675. The van der Waals surface area contributed by atoms with Crippen LogP contribution in [-0.4, -0.2) is 28.2 Å². The molecule has 2 N–H and O–H groups in total. The molecule has 1 fully saturated rings. The van der Waals surface area contributed by atoms with Gasteiger partial charge in [0.15, 0.2) is 5.78 Å². The number of allylic oxidation sites excluding steroid dienone is 1. The quantitative estimate of drug-likeness (QED) is 0.791. The molecule has 3 atom stereocenters. The van der Waals surface area contributed by atoms with Gasteiger partial charge >= 0.3 is 0 Å². The topological polar surface area (TPSA) is 57.5 Å². The highest BCUT2D eigenvalue weighted by molar-refractivity contribution is 5.92. The highest BCUT2D eigenvalue weighted by atomic mass is 16.3. The molecule has 2 aliphatic rings. The van der Waals surface area contributed by atoms with Crippen LogP contribution in [0.2, 0.25) is 0 Å². The third-order valence-corrected chi connectivity index (χ3v) is 5.14. The van der Waals surface area contributed by atoms with Gasteiger partial charge in [-0.05, 0) is 62.0 Å². The zero-order chi connectivity index (χ0) is 13.6. The Hall–Kier alpha value is -0.670. The van der Waals surface area contributed by atoms with Crippen molar-refractivity contribution in [2.45, 2.75) is 52.1 Å². The van der Waals surface area contributed by atoms with Gasteiger partial charge < -0.3 is 10.2 Å². The van der Waals surface area contributed by atoms with Crippen LogP contribution in [0.3, 0.4) is 0 Å². The van der Waals surface area contributed by atoms with Crippen LogP contribution in [0, 0.1) is 17.3 Å². The van der Waals surface area contributed by atoms with Gasteiger partial charge in [-0.2, -0.15) is 0 Å². The van der Waals surface area contributed by atoms with Crippen molar-refractivity contribution < 1.29 is 15.0 Å². The maximum atomic E-state index is 11.6. The molecule has 0 aromatic carbocycles. The SMILES string of the molecule is C[C@H]1CC(=O)C=C(CO)[C@]12CC[C@@H](C(C)(C)O)C2. The van der Waals surface area contributed by atoms with E-state index >= 15 is 0 Å². The summed E-state index contributed by atoms with van der Waals surface area (Å²) in [5.74, 6) is 0.650. The number of hydrogen-bond acceptors (Lipinski definition) is 3. The van der Waals surface area contributed by atoms with Crippen molar-refractivity contribution in [1.29, 1.82) is 0 Å². The molecule has 3 heteroatoms. The monoisotopic (exact) mass is 252 g/mol. The minimum absolute atomic E-state index is 0.0331. The lowest BCUT2D eigenvalue weighted by molar-refractivity contribution is -0.117. The molecule has 2 rings (SSSR count). The normalized spacial score (nSPS) is 37.2. The summed E-state index contributed by atoms with van der Waals surface area (Å²) in [6.45, 7) is 5.79. The predicted molar refractivity (Wildman–Crippen MR) is 70.0 cm³/mol. The van der Waals surface area contributed by atoms with Gasteiger partial charge in [0.1, 0.15) is 0 Å². The average Bonchev–Trinajstić information content (AvgIpc) is 2.69. The Bertz CT molecular complexity index is 378. The second kappa shape index (κ2) is 4.46. The van der Waals surface area contributed by atoms with E-state index < -0.39 is 5.60 Å². The van der Waals surface area contributed by atoms with Gasteiger partial charge in [-0.1, -0.05) is 6.92 Å². The molecule has 0 unspecified atom stereocenters. The van der Waals surface area contributed by atoms with Crippen molar-refractivity contribution in [3.8, 4) is 0 Å². The van der Waals surface area contributed by atoms with Gasteiger partial charge in [0, 0.05) is 6.42 Å². The molecule has 3 nitrogen and oxygen atoms in total. The molecule has 0 amide bonds. The number of carbonyl (C=O) groups is 1. The number of aliphatic hydroxyl groups is 2. The molecule has 0 heterocycles. The first-order chi connectivity index (χ1) is 8.29. The van der Waals surface area contributed by atoms with Gasteiger partial charge in [0.25, 0.3) is 0 Å². The highest BCUT2D eigenvalue weighted by Crippen LogP contribution is 2.56. The number of rotatable bonds is 2. The summed E-state index contributed by atoms with van der Waals surface area (Å²) in [4.78, 5) is 11.6. The Morgan fingerprint density at radius 3 is 2.67 bits per heavy atom. The Kier molecular flexibility index (Phi) is 3.41. The van der Waals surface area contributed by atoms with Crippen LogP contribution in [0.1, 0.15) is 46.5 Å². The smallest absolute Gasteiger partial charge is 0.156 e. The molecule has 1 spiro atoms. The first-order valence-electron chi connectivity index (χ1n) is 6.86. The predicted octanol–water partition coefficient (Wildman–Crippen LogP) is 2.07. The van der Waals surface area contributed by atoms with Crippen molar-refractivity contribution in [2.24, 2.45) is 17.3 Å². The van der Waals surface area contributed by atoms with E-state index in [1.54, 1.807) is 6.08 Å². The molecule has 2 aliphatic carbocycles. The van der Waals surface area contributed by atoms with Gasteiger partial charge in [-0.3, -0.25) is 4.79 Å². The molecule has 0 aromatic heterocycles. The van der Waals surface area contributed by atoms with E-state index in [0.29, 0.717) is 6.42 Å². The van der Waals surface area contributed by atoms with Crippen molar-refractivity contribution in [2.75, 3.05) is 6.61 Å². The number of ketones is 1. The number of hydrogen-bond donors (Lipinski definition) is 2. The highest BCUT2D eigenvalue weighted by Gasteiger charge is 2.50. The molecule has 0 bridgehead atoms. The standard InChI is InChI=1S/C15H24O3/c1-10-6-13(17)7-12(9-16)15(10)5-4-11(8-15)14(2,3)18/h7,10-11,16,18H,4-6,8-9H2,1-3H3/t10-,11+,15-/m0/s1. The van der Waals surface area contributed by atoms with Gasteiger partial charge in [-0.15, -0.1) is 0 Å². The van der Waals surface area contributed by atoms with Crippen LogP contribution in [0.4, 0.5) is 0 Å². The van der Waals surface area contributed by atoms with E-state index in [9.17, 15) is 15.0 Å². The molecular formula is C15H24O3. The van der Waals surface area contributed by atoms with E-state index in [4.69, 9.17) is 0 Å². The zero-order valence-corrected chi connectivity index (χ0v) is 11.6. The fraction of sp³-hybridized carbons (Fsp3) is 0.800. The lowest BCUT2D eigenvalue weighted by Gasteiger charge is -2.41. The van der Waals surface area contributed by atoms with E-state index in [-0.39, 0.29) is 29.6 Å². The summed E-state index contributed by atoms with van der Waals surface area (Å²) in [5.41, 5.74) is 0.150. The first-order valence-corrected chi connectivity index (χ1v) is 6.86. The average molecular weight is 252 g/mol. The largest absolute Gasteiger partial charge is 0.392 e. The fourth-order valence-corrected chi connectivity index (χ4v) is 3.83. The van der Waals surface area contributed by atoms with Crippen LogP contribution < -0.4 is 0 Å². The van der Waals surface area contributed by atoms with Crippen LogP contribution >= 0.6 is 0 Å². The molecule has 102 valence electrons. The summed E-state index contributed by atoms with van der Waals surface area (Å²) in [6, 6.07) is 0. The van der Waals surface area contributed by atoms with E-state index in [2.05, 4.69) is 6.92 Å². The van der Waals surface area contributed by atoms with Crippen LogP contribution in [0.15, 0.2) is 11.6 Å². The molecule has 0 saturated heterocycles. The third-order valence-electron chi connectivity index (χ3n) is 5.14. The summed E-state index contributed by atoms with van der Waals surface area (Å²) in [6.07, 6.45) is 5.05. The lowest BCUT2D eigenvalue weighted by atomic mass is 9.63. The third kappa shape index (κ3) is 2.14. The van der Waals surface area contributed by atoms with Crippen molar-refractivity contribution in [1.82, 2.24) is 0 Å². The number of carbonyl (C=O) groups excluding carboxylic acids is 1. The second-order valence-corrected chi connectivity index (χ2v) is 6.65. The summed E-state index contributed by atoms with van der Waals surface area (Å²) < 4.78 is 0. The fourth-order valence-electron chi connectivity index (χ4n) is 3.83. The Labute approximate surface area is 109 Å². The van der Waals surface area contributed by atoms with Crippen LogP contribution in [0.5, 0.6) is 0 Å². The lowest BCUT2D eigenvalue weighted by Crippen LogP contribution is -2.37. The van der Waals surface area contributed by atoms with Crippen molar-refractivity contribution in [3.63, 3.8) is 0 Å².